The fourth-order valence-electron chi connectivity index (χ4n) is 6.68. The number of fused-ring (bicyclic) bond motifs is 2. The van der Waals surface area contributed by atoms with E-state index in [1.807, 2.05) is 0 Å². The average molecular weight is 677 g/mol. The van der Waals surface area contributed by atoms with Gasteiger partial charge in [0, 0.05) is 43.5 Å². The van der Waals surface area contributed by atoms with E-state index in [0.29, 0.717) is 0 Å². The highest BCUT2D eigenvalue weighted by molar-refractivity contribution is 7.17. The lowest BCUT2D eigenvalue weighted by molar-refractivity contribution is 1.29. The molecule has 2 heterocycles. The second-order valence-corrected chi connectivity index (χ2v) is 14.2. The Balaban J connectivity index is 1.05. The fourth-order valence-corrected chi connectivity index (χ4v) is 8.32. The summed E-state index contributed by atoms with van der Waals surface area (Å²) in [7, 11) is 0. The summed E-state index contributed by atoms with van der Waals surface area (Å²) in [4.78, 5) is 4.68. The predicted octanol–water partition coefficient (Wildman–Crippen LogP) is 14.4. The Labute approximate surface area is 300 Å². The van der Waals surface area contributed by atoms with Gasteiger partial charge in [-0.3, -0.25) is 0 Å². The lowest BCUT2D eigenvalue weighted by Gasteiger charge is -2.26. The van der Waals surface area contributed by atoms with Gasteiger partial charge in [0.15, 0.2) is 0 Å². The van der Waals surface area contributed by atoms with Crippen LogP contribution in [0, 0.1) is 0 Å². The number of hydrogen-bond acceptors (Lipinski definition) is 4. The SMILES string of the molecule is c1ccc(-c2ccc(N(c3ccc(-c4ccc(N(c5ccccc5)c5ccc6ccsc6c5)cc4)cc3)c3ccc4ccsc4c3)cc2)cc1. The summed E-state index contributed by atoms with van der Waals surface area (Å²) in [6.45, 7) is 0. The zero-order chi connectivity index (χ0) is 33.3. The van der Waals surface area contributed by atoms with Crippen molar-refractivity contribution in [3.8, 4) is 22.3 Å². The van der Waals surface area contributed by atoms with Gasteiger partial charge in [0.2, 0.25) is 0 Å². The van der Waals surface area contributed by atoms with E-state index < -0.39 is 0 Å². The highest BCUT2D eigenvalue weighted by atomic mass is 32.1. The molecule has 0 saturated heterocycles. The second kappa shape index (κ2) is 13.2. The number of thiophene rings is 2. The third-order valence-corrected chi connectivity index (χ3v) is 11.0. The lowest BCUT2D eigenvalue weighted by Crippen LogP contribution is -2.10. The molecule has 4 heteroatoms. The number of anilines is 6. The summed E-state index contributed by atoms with van der Waals surface area (Å²) in [6.07, 6.45) is 0. The van der Waals surface area contributed by atoms with E-state index in [1.165, 1.54) is 42.4 Å². The molecule has 2 aromatic heterocycles. The highest BCUT2D eigenvalue weighted by Gasteiger charge is 2.16. The molecule has 0 unspecified atom stereocenters. The molecule has 0 saturated carbocycles. The minimum atomic E-state index is 1.12. The van der Waals surface area contributed by atoms with E-state index in [4.69, 9.17) is 0 Å². The van der Waals surface area contributed by atoms with Crippen LogP contribution >= 0.6 is 22.7 Å². The summed E-state index contributed by atoms with van der Waals surface area (Å²) in [5.41, 5.74) is 11.6. The maximum atomic E-state index is 2.35. The number of benzene rings is 7. The van der Waals surface area contributed by atoms with Gasteiger partial charge in [0.25, 0.3) is 0 Å². The van der Waals surface area contributed by atoms with Crippen molar-refractivity contribution in [2.24, 2.45) is 0 Å². The molecule has 7 aromatic carbocycles. The van der Waals surface area contributed by atoms with Gasteiger partial charge in [-0.25, -0.2) is 0 Å². The first kappa shape index (κ1) is 30.1. The van der Waals surface area contributed by atoms with Crippen molar-refractivity contribution < 1.29 is 0 Å². The smallest absolute Gasteiger partial charge is 0.0476 e. The molecule has 0 bridgehead atoms. The van der Waals surface area contributed by atoms with Crippen LogP contribution in [0.1, 0.15) is 0 Å². The summed E-state index contributed by atoms with van der Waals surface area (Å²) in [5.74, 6) is 0. The molecule has 9 rings (SSSR count). The molecule has 50 heavy (non-hydrogen) atoms. The average Bonchev–Trinajstić information content (AvgIpc) is 3.86. The van der Waals surface area contributed by atoms with Crippen LogP contribution < -0.4 is 9.80 Å². The first-order valence-corrected chi connectivity index (χ1v) is 18.5. The lowest BCUT2D eigenvalue weighted by atomic mass is 10.0. The van der Waals surface area contributed by atoms with E-state index in [2.05, 4.69) is 203 Å². The van der Waals surface area contributed by atoms with E-state index in [0.717, 1.165) is 34.1 Å². The summed E-state index contributed by atoms with van der Waals surface area (Å²) < 4.78 is 2.57. The molecule has 0 radical (unpaired) electrons. The standard InChI is InChI=1S/C46H32N2S2/c1-3-7-33(8-4-1)34-11-19-41(20-12-34)48(44-26-18-38-28-30-50-46(38)32-44)42-23-15-36(16-24-42)35-13-21-40(22-14-35)47(39-9-5-2-6-10-39)43-25-17-37-27-29-49-45(37)31-43/h1-32H. The van der Waals surface area contributed by atoms with Crippen LogP contribution in [0.5, 0.6) is 0 Å². The second-order valence-electron chi connectivity index (χ2n) is 12.3. The Morgan fingerprint density at radius 1 is 0.280 bits per heavy atom. The van der Waals surface area contributed by atoms with Crippen molar-refractivity contribution in [2.45, 2.75) is 0 Å². The summed E-state index contributed by atoms with van der Waals surface area (Å²) in [6, 6.07) is 65.7. The maximum absolute atomic E-state index is 2.35. The van der Waals surface area contributed by atoms with Crippen molar-refractivity contribution in [3.05, 3.63) is 193 Å². The van der Waals surface area contributed by atoms with Crippen LogP contribution in [0.15, 0.2) is 193 Å². The van der Waals surface area contributed by atoms with Crippen molar-refractivity contribution in [1.82, 2.24) is 0 Å². The van der Waals surface area contributed by atoms with E-state index in [1.54, 1.807) is 22.7 Å². The number of rotatable bonds is 8. The van der Waals surface area contributed by atoms with Crippen LogP contribution in [0.25, 0.3) is 42.4 Å². The van der Waals surface area contributed by atoms with Crippen molar-refractivity contribution in [1.29, 1.82) is 0 Å². The van der Waals surface area contributed by atoms with Gasteiger partial charge in [-0.1, -0.05) is 97.1 Å². The molecular weight excluding hydrogens is 645 g/mol. The number of hydrogen-bond donors (Lipinski definition) is 0. The van der Waals surface area contributed by atoms with Crippen LogP contribution in [-0.4, -0.2) is 0 Å². The van der Waals surface area contributed by atoms with Gasteiger partial charge in [-0.15, -0.1) is 22.7 Å². The molecule has 0 fully saturated rings. The Bertz CT molecular complexity index is 2520. The molecule has 0 amide bonds. The van der Waals surface area contributed by atoms with Crippen molar-refractivity contribution in [2.75, 3.05) is 9.80 Å². The quantitative estimate of drug-likeness (QED) is 0.158. The van der Waals surface area contributed by atoms with Crippen LogP contribution in [0.2, 0.25) is 0 Å². The molecule has 9 aromatic rings. The van der Waals surface area contributed by atoms with Gasteiger partial charge in [0.1, 0.15) is 0 Å². The monoisotopic (exact) mass is 676 g/mol. The van der Waals surface area contributed by atoms with Crippen LogP contribution in [0.4, 0.5) is 34.1 Å². The zero-order valence-corrected chi connectivity index (χ0v) is 28.8. The Hall–Kier alpha value is -5.94. The molecule has 0 spiro atoms. The third-order valence-electron chi connectivity index (χ3n) is 9.23. The fraction of sp³-hybridized carbons (Fsp3) is 0. The molecule has 2 nitrogen and oxygen atoms in total. The van der Waals surface area contributed by atoms with Gasteiger partial charge < -0.3 is 9.80 Å². The number of nitrogens with zero attached hydrogens (tertiary/aromatic N) is 2. The molecule has 0 atom stereocenters. The number of para-hydroxylation sites is 1. The first-order valence-electron chi connectivity index (χ1n) is 16.7. The first-order chi connectivity index (χ1) is 24.8. The third kappa shape index (κ3) is 5.85. The largest absolute Gasteiger partial charge is 0.310 e. The molecule has 0 N–H and O–H groups in total. The predicted molar refractivity (Wildman–Crippen MR) is 217 cm³/mol. The maximum Gasteiger partial charge on any atom is 0.0476 e. The minimum absolute atomic E-state index is 1.12. The molecule has 0 aliphatic carbocycles. The Morgan fingerprint density at radius 2 is 0.620 bits per heavy atom. The molecule has 0 aliphatic heterocycles. The molecule has 238 valence electrons. The van der Waals surface area contributed by atoms with Gasteiger partial charge in [0.05, 0.1) is 0 Å². The topological polar surface area (TPSA) is 6.48 Å². The van der Waals surface area contributed by atoms with Crippen molar-refractivity contribution >= 4 is 77.0 Å². The minimum Gasteiger partial charge on any atom is -0.310 e. The van der Waals surface area contributed by atoms with Crippen LogP contribution in [0.3, 0.4) is 0 Å². The molecular formula is C46H32N2S2. The van der Waals surface area contributed by atoms with E-state index >= 15 is 0 Å². The van der Waals surface area contributed by atoms with Crippen LogP contribution in [-0.2, 0) is 0 Å². The molecule has 0 aliphatic rings. The van der Waals surface area contributed by atoms with E-state index in [-0.39, 0.29) is 0 Å². The van der Waals surface area contributed by atoms with Gasteiger partial charge in [-0.05, 0) is 129 Å². The summed E-state index contributed by atoms with van der Waals surface area (Å²) >= 11 is 3.56. The summed E-state index contributed by atoms with van der Waals surface area (Å²) in [5, 5.41) is 6.87. The van der Waals surface area contributed by atoms with Gasteiger partial charge >= 0.3 is 0 Å². The Morgan fingerprint density at radius 3 is 1.04 bits per heavy atom. The van der Waals surface area contributed by atoms with Gasteiger partial charge in [-0.2, -0.15) is 0 Å². The van der Waals surface area contributed by atoms with E-state index in [9.17, 15) is 0 Å². The highest BCUT2D eigenvalue weighted by Crippen LogP contribution is 2.40. The Kier molecular flexibility index (Phi) is 7.94. The normalized spacial score (nSPS) is 11.2. The zero-order valence-electron chi connectivity index (χ0n) is 27.2. The van der Waals surface area contributed by atoms with Crippen molar-refractivity contribution in [3.63, 3.8) is 0 Å².